The van der Waals surface area contributed by atoms with Crippen LogP contribution in [0.2, 0.25) is 0 Å². The number of hydrogen-bond donors (Lipinski definition) is 0. The Balaban J connectivity index is 2.64. The maximum absolute atomic E-state index is 11.2. The normalized spacial score (nSPS) is 10.8. The van der Waals surface area contributed by atoms with Gasteiger partial charge in [-0.2, -0.15) is 4.98 Å². The molecule has 5 heteroatoms. The van der Waals surface area contributed by atoms with Crippen LogP contribution >= 0.6 is 0 Å². The molecule has 0 aliphatic carbocycles. The van der Waals surface area contributed by atoms with Gasteiger partial charge in [-0.25, -0.2) is 9.78 Å². The Morgan fingerprint density at radius 3 is 3.00 bits per heavy atom. The van der Waals surface area contributed by atoms with Gasteiger partial charge in [-0.1, -0.05) is 0 Å². The van der Waals surface area contributed by atoms with E-state index in [0.717, 1.165) is 11.2 Å². The van der Waals surface area contributed by atoms with Crippen molar-refractivity contribution in [3.63, 3.8) is 0 Å². The van der Waals surface area contributed by atoms with Gasteiger partial charge in [-0.15, -0.1) is 0 Å². The number of fused-ring (bicyclic) bond motifs is 1. The van der Waals surface area contributed by atoms with Gasteiger partial charge in [-0.3, -0.25) is 4.57 Å². The highest BCUT2D eigenvalue weighted by Gasteiger charge is 2.02. The lowest BCUT2D eigenvalue weighted by molar-refractivity contribution is 0.182. The zero-order valence-corrected chi connectivity index (χ0v) is 8.60. The summed E-state index contributed by atoms with van der Waals surface area (Å²) >= 11 is 0. The Labute approximate surface area is 86.4 Å². The second kappa shape index (κ2) is 3.78. The van der Waals surface area contributed by atoms with Crippen LogP contribution in [0, 0.1) is 0 Å². The van der Waals surface area contributed by atoms with Crippen LogP contribution < -0.4 is 5.69 Å². The zero-order chi connectivity index (χ0) is 10.8. The third-order valence-corrected chi connectivity index (χ3v) is 2.20. The molecule has 0 aliphatic rings. The number of methoxy groups -OCH3 is 1. The van der Waals surface area contributed by atoms with E-state index in [4.69, 9.17) is 4.74 Å². The molecule has 0 amide bonds. The van der Waals surface area contributed by atoms with E-state index < -0.39 is 0 Å². The number of pyridine rings is 1. The molecular formula is C10H11N3O2. The van der Waals surface area contributed by atoms with Gasteiger partial charge in [0.05, 0.1) is 24.0 Å². The Morgan fingerprint density at radius 1 is 1.47 bits per heavy atom. The standard InChI is InChI=1S/C10H11N3O2/c1-13-9-4-3-7(6-15-2)12-8(9)5-11-10(13)14/h3-5H,6H2,1-2H3. The summed E-state index contributed by atoms with van der Waals surface area (Å²) in [5.74, 6) is 0. The Hall–Kier alpha value is -1.75. The third kappa shape index (κ3) is 1.73. The second-order valence-corrected chi connectivity index (χ2v) is 3.24. The van der Waals surface area contributed by atoms with Crippen LogP contribution in [0.5, 0.6) is 0 Å². The SMILES string of the molecule is COCc1ccc2c(cnc(=O)n2C)n1. The molecule has 0 atom stereocenters. The highest BCUT2D eigenvalue weighted by atomic mass is 16.5. The minimum absolute atomic E-state index is 0.274. The van der Waals surface area contributed by atoms with Crippen LogP contribution in [-0.2, 0) is 18.4 Å². The van der Waals surface area contributed by atoms with Crippen molar-refractivity contribution in [3.8, 4) is 0 Å². The van der Waals surface area contributed by atoms with E-state index in [9.17, 15) is 4.79 Å². The van der Waals surface area contributed by atoms with Crippen LogP contribution in [0.3, 0.4) is 0 Å². The summed E-state index contributed by atoms with van der Waals surface area (Å²) in [4.78, 5) is 19.3. The average molecular weight is 205 g/mol. The van der Waals surface area contributed by atoms with Crippen molar-refractivity contribution in [3.05, 3.63) is 34.5 Å². The summed E-state index contributed by atoms with van der Waals surface area (Å²) in [6.45, 7) is 0.457. The highest BCUT2D eigenvalue weighted by Crippen LogP contribution is 2.08. The van der Waals surface area contributed by atoms with Crippen LogP contribution in [0.25, 0.3) is 11.0 Å². The molecule has 0 radical (unpaired) electrons. The van der Waals surface area contributed by atoms with Crippen LogP contribution in [0.1, 0.15) is 5.69 Å². The quantitative estimate of drug-likeness (QED) is 0.715. The van der Waals surface area contributed by atoms with Gasteiger partial charge in [-0.05, 0) is 12.1 Å². The smallest absolute Gasteiger partial charge is 0.347 e. The number of hydrogen-bond acceptors (Lipinski definition) is 4. The summed E-state index contributed by atoms with van der Waals surface area (Å²) in [6, 6.07) is 3.69. The van der Waals surface area contributed by atoms with Crippen molar-refractivity contribution in [1.29, 1.82) is 0 Å². The highest BCUT2D eigenvalue weighted by molar-refractivity contribution is 5.73. The van der Waals surface area contributed by atoms with Gasteiger partial charge in [0, 0.05) is 14.2 Å². The maximum atomic E-state index is 11.2. The molecule has 5 nitrogen and oxygen atoms in total. The minimum Gasteiger partial charge on any atom is -0.378 e. The van der Waals surface area contributed by atoms with Crippen LogP contribution in [0.4, 0.5) is 0 Å². The molecule has 2 heterocycles. The number of aryl methyl sites for hydroxylation is 1. The Morgan fingerprint density at radius 2 is 2.27 bits per heavy atom. The first-order valence-electron chi connectivity index (χ1n) is 4.53. The lowest BCUT2D eigenvalue weighted by Crippen LogP contribution is -2.19. The van der Waals surface area contributed by atoms with E-state index in [1.54, 1.807) is 14.2 Å². The molecule has 0 N–H and O–H groups in total. The molecule has 0 aliphatic heterocycles. The summed E-state index contributed by atoms with van der Waals surface area (Å²) in [5, 5.41) is 0. The number of aromatic nitrogens is 3. The fourth-order valence-electron chi connectivity index (χ4n) is 1.42. The molecule has 2 aromatic rings. The molecule has 2 rings (SSSR count). The molecule has 0 spiro atoms. The van der Waals surface area contributed by atoms with E-state index in [1.807, 2.05) is 12.1 Å². The van der Waals surface area contributed by atoms with E-state index in [2.05, 4.69) is 9.97 Å². The molecule has 0 saturated carbocycles. The number of rotatable bonds is 2. The van der Waals surface area contributed by atoms with Gasteiger partial charge in [0.1, 0.15) is 5.52 Å². The van der Waals surface area contributed by atoms with Crippen molar-refractivity contribution in [2.75, 3.05) is 7.11 Å². The number of ether oxygens (including phenoxy) is 1. The van der Waals surface area contributed by atoms with E-state index >= 15 is 0 Å². The lowest BCUT2D eigenvalue weighted by Gasteiger charge is -2.04. The maximum Gasteiger partial charge on any atom is 0.347 e. The van der Waals surface area contributed by atoms with Crippen LogP contribution in [-0.4, -0.2) is 21.6 Å². The molecule has 0 aromatic carbocycles. The van der Waals surface area contributed by atoms with Crippen molar-refractivity contribution in [1.82, 2.24) is 14.5 Å². The lowest BCUT2D eigenvalue weighted by atomic mass is 10.3. The van der Waals surface area contributed by atoms with Crippen molar-refractivity contribution >= 4 is 11.0 Å². The predicted octanol–water partition coefficient (Wildman–Crippen LogP) is 0.475. The van der Waals surface area contributed by atoms with Crippen molar-refractivity contribution < 1.29 is 4.74 Å². The average Bonchev–Trinajstić information content (AvgIpc) is 2.24. The second-order valence-electron chi connectivity index (χ2n) is 3.24. The van der Waals surface area contributed by atoms with Gasteiger partial charge in [0.2, 0.25) is 0 Å². The summed E-state index contributed by atoms with van der Waals surface area (Å²) < 4.78 is 6.45. The fourth-order valence-corrected chi connectivity index (χ4v) is 1.42. The first-order chi connectivity index (χ1) is 7.22. The molecule has 0 unspecified atom stereocenters. The molecule has 15 heavy (non-hydrogen) atoms. The molecule has 78 valence electrons. The first-order valence-corrected chi connectivity index (χ1v) is 4.53. The molecule has 0 saturated heterocycles. The minimum atomic E-state index is -0.274. The third-order valence-electron chi connectivity index (χ3n) is 2.20. The van der Waals surface area contributed by atoms with E-state index in [-0.39, 0.29) is 5.69 Å². The molecule has 0 bridgehead atoms. The molecule has 2 aromatic heterocycles. The zero-order valence-electron chi connectivity index (χ0n) is 8.60. The van der Waals surface area contributed by atoms with Crippen molar-refractivity contribution in [2.45, 2.75) is 6.61 Å². The van der Waals surface area contributed by atoms with E-state index in [1.165, 1.54) is 10.8 Å². The summed E-state index contributed by atoms with van der Waals surface area (Å²) in [6.07, 6.45) is 1.48. The Bertz CT molecular complexity index is 548. The van der Waals surface area contributed by atoms with Crippen molar-refractivity contribution in [2.24, 2.45) is 7.05 Å². The molecule has 0 fully saturated rings. The van der Waals surface area contributed by atoms with Gasteiger partial charge < -0.3 is 4.74 Å². The van der Waals surface area contributed by atoms with E-state index in [0.29, 0.717) is 12.1 Å². The molecular weight excluding hydrogens is 194 g/mol. The van der Waals surface area contributed by atoms with Gasteiger partial charge in [0.25, 0.3) is 0 Å². The predicted molar refractivity (Wildman–Crippen MR) is 55.5 cm³/mol. The van der Waals surface area contributed by atoms with Crippen LogP contribution in [0.15, 0.2) is 23.1 Å². The summed E-state index contributed by atoms with van der Waals surface area (Å²) in [5.41, 5.74) is 2.02. The van der Waals surface area contributed by atoms with Gasteiger partial charge >= 0.3 is 5.69 Å². The summed E-state index contributed by atoms with van der Waals surface area (Å²) in [7, 11) is 3.29. The topological polar surface area (TPSA) is 57.0 Å². The Kier molecular flexibility index (Phi) is 2.47. The van der Waals surface area contributed by atoms with Gasteiger partial charge in [0.15, 0.2) is 0 Å². The monoisotopic (exact) mass is 205 g/mol. The first kappa shape index (κ1) is 9.79. The fraction of sp³-hybridized carbons (Fsp3) is 0.300. The number of nitrogens with zero attached hydrogens (tertiary/aromatic N) is 3. The largest absolute Gasteiger partial charge is 0.378 e.